The van der Waals surface area contributed by atoms with Crippen LogP contribution in [0, 0.1) is 5.92 Å². The van der Waals surface area contributed by atoms with Crippen LogP contribution in [0.3, 0.4) is 0 Å². The third kappa shape index (κ3) is 4.95. The van der Waals surface area contributed by atoms with Crippen molar-refractivity contribution in [3.8, 4) is 0 Å². The smallest absolute Gasteiger partial charge is 0.118 e. The van der Waals surface area contributed by atoms with Crippen LogP contribution in [0.2, 0.25) is 0 Å². The minimum atomic E-state index is -0.133. The van der Waals surface area contributed by atoms with E-state index in [4.69, 9.17) is 0 Å². The Labute approximate surface area is 140 Å². The lowest BCUT2D eigenvalue weighted by Crippen LogP contribution is -3.19. The molecule has 1 aromatic heterocycles. The molecule has 3 heteroatoms. The second-order valence-electron chi connectivity index (χ2n) is 7.53. The maximum atomic E-state index is 9.78. The summed E-state index contributed by atoms with van der Waals surface area (Å²) in [6.07, 6.45) is 2.15. The lowest BCUT2D eigenvalue weighted by Gasteiger charge is -2.35. The standard InChI is InChI=1S/C20H30N2O/c1-17(2)13-22(20(3,4)16-23)15-19-11-8-12-21(19)14-18-9-6-5-7-10-18/h5-12,17,23H,13-16H2,1-4H3/p+1. The fraction of sp³-hybridized carbons (Fsp3) is 0.500. The molecule has 1 aromatic carbocycles. The topological polar surface area (TPSA) is 29.6 Å². The van der Waals surface area contributed by atoms with Crippen molar-refractivity contribution in [2.45, 2.75) is 46.3 Å². The molecule has 0 aliphatic rings. The zero-order valence-electron chi connectivity index (χ0n) is 14.9. The molecule has 0 aliphatic carbocycles. The van der Waals surface area contributed by atoms with Gasteiger partial charge in [0.05, 0.1) is 18.8 Å². The Hall–Kier alpha value is -1.58. The number of aromatic nitrogens is 1. The van der Waals surface area contributed by atoms with E-state index in [9.17, 15) is 5.11 Å². The number of benzene rings is 1. The van der Waals surface area contributed by atoms with Gasteiger partial charge in [-0.15, -0.1) is 0 Å². The summed E-state index contributed by atoms with van der Waals surface area (Å²) < 4.78 is 2.32. The molecule has 0 saturated heterocycles. The van der Waals surface area contributed by atoms with Gasteiger partial charge in [0.1, 0.15) is 12.1 Å². The molecular weight excluding hydrogens is 284 g/mol. The molecule has 0 spiro atoms. The van der Waals surface area contributed by atoms with Gasteiger partial charge >= 0.3 is 0 Å². The third-order valence-electron chi connectivity index (χ3n) is 4.52. The van der Waals surface area contributed by atoms with Gasteiger partial charge in [-0.05, 0) is 31.5 Å². The van der Waals surface area contributed by atoms with E-state index in [-0.39, 0.29) is 12.1 Å². The van der Waals surface area contributed by atoms with E-state index < -0.39 is 0 Å². The number of nitrogens with one attached hydrogen (secondary N) is 1. The minimum Gasteiger partial charge on any atom is -0.390 e. The zero-order valence-corrected chi connectivity index (χ0v) is 14.9. The summed E-state index contributed by atoms with van der Waals surface area (Å²) in [4.78, 5) is 1.43. The molecule has 126 valence electrons. The Kier molecular flexibility index (Phi) is 6.03. The van der Waals surface area contributed by atoms with E-state index in [1.165, 1.54) is 16.2 Å². The summed E-state index contributed by atoms with van der Waals surface area (Å²) in [7, 11) is 0. The summed E-state index contributed by atoms with van der Waals surface area (Å²) in [6.45, 7) is 11.9. The molecule has 2 N–H and O–H groups in total. The van der Waals surface area contributed by atoms with Crippen molar-refractivity contribution in [3.63, 3.8) is 0 Å². The van der Waals surface area contributed by atoms with Crippen molar-refractivity contribution >= 4 is 0 Å². The monoisotopic (exact) mass is 315 g/mol. The molecule has 0 radical (unpaired) electrons. The normalized spacial score (nSPS) is 13.5. The fourth-order valence-corrected chi connectivity index (χ4v) is 2.96. The highest BCUT2D eigenvalue weighted by Gasteiger charge is 2.31. The van der Waals surface area contributed by atoms with Gasteiger partial charge in [0.15, 0.2) is 0 Å². The Morgan fingerprint density at radius 1 is 1.09 bits per heavy atom. The highest BCUT2D eigenvalue weighted by atomic mass is 16.3. The number of rotatable bonds is 8. The average molecular weight is 315 g/mol. The maximum Gasteiger partial charge on any atom is 0.118 e. The highest BCUT2D eigenvalue weighted by Crippen LogP contribution is 2.08. The summed E-state index contributed by atoms with van der Waals surface area (Å²) in [5.41, 5.74) is 2.51. The van der Waals surface area contributed by atoms with Gasteiger partial charge in [-0.1, -0.05) is 44.2 Å². The van der Waals surface area contributed by atoms with Crippen molar-refractivity contribution in [2.24, 2.45) is 5.92 Å². The highest BCUT2D eigenvalue weighted by molar-refractivity contribution is 5.17. The largest absolute Gasteiger partial charge is 0.390 e. The van der Waals surface area contributed by atoms with E-state index in [1.54, 1.807) is 0 Å². The predicted octanol–water partition coefficient (Wildman–Crippen LogP) is 2.35. The summed E-state index contributed by atoms with van der Waals surface area (Å²) >= 11 is 0. The van der Waals surface area contributed by atoms with Crippen molar-refractivity contribution in [1.29, 1.82) is 0 Å². The lowest BCUT2D eigenvalue weighted by molar-refractivity contribution is -0.965. The van der Waals surface area contributed by atoms with Gasteiger partial charge in [-0.2, -0.15) is 0 Å². The molecule has 1 unspecified atom stereocenters. The molecule has 0 bridgehead atoms. The molecule has 1 atom stereocenters. The quantitative estimate of drug-likeness (QED) is 0.769. The van der Waals surface area contributed by atoms with Gasteiger partial charge < -0.3 is 14.6 Å². The van der Waals surface area contributed by atoms with Crippen LogP contribution < -0.4 is 4.90 Å². The molecule has 2 aromatic rings. The molecule has 0 aliphatic heterocycles. The molecule has 23 heavy (non-hydrogen) atoms. The minimum absolute atomic E-state index is 0.133. The van der Waals surface area contributed by atoms with Crippen LogP contribution in [0.15, 0.2) is 48.7 Å². The van der Waals surface area contributed by atoms with Crippen LogP contribution in [0.1, 0.15) is 39.0 Å². The van der Waals surface area contributed by atoms with Crippen molar-refractivity contribution in [1.82, 2.24) is 4.57 Å². The van der Waals surface area contributed by atoms with E-state index in [2.05, 4.69) is 80.9 Å². The van der Waals surface area contributed by atoms with Gasteiger partial charge in [-0.25, -0.2) is 0 Å². The number of nitrogens with zero attached hydrogens (tertiary/aromatic N) is 1. The third-order valence-corrected chi connectivity index (χ3v) is 4.52. The second-order valence-corrected chi connectivity index (χ2v) is 7.53. The van der Waals surface area contributed by atoms with Crippen LogP contribution in [0.25, 0.3) is 0 Å². The number of quaternary nitrogens is 1. The van der Waals surface area contributed by atoms with Crippen LogP contribution in [-0.4, -0.2) is 28.4 Å². The van der Waals surface area contributed by atoms with Crippen LogP contribution in [0.4, 0.5) is 0 Å². The number of hydrogen-bond donors (Lipinski definition) is 2. The first-order valence-corrected chi connectivity index (χ1v) is 8.56. The molecule has 1 heterocycles. The van der Waals surface area contributed by atoms with E-state index in [1.807, 2.05) is 0 Å². The molecule has 2 rings (SSSR count). The molecular formula is C20H31N2O+. The number of aliphatic hydroxyl groups excluding tert-OH is 1. The first kappa shape index (κ1) is 17.8. The molecule has 0 fully saturated rings. The fourth-order valence-electron chi connectivity index (χ4n) is 2.96. The average Bonchev–Trinajstić information content (AvgIpc) is 2.94. The molecule has 3 nitrogen and oxygen atoms in total. The van der Waals surface area contributed by atoms with Crippen molar-refractivity contribution in [3.05, 3.63) is 59.9 Å². The van der Waals surface area contributed by atoms with E-state index in [0.29, 0.717) is 5.92 Å². The van der Waals surface area contributed by atoms with Crippen LogP contribution in [0.5, 0.6) is 0 Å². The maximum absolute atomic E-state index is 9.78. The zero-order chi connectivity index (χ0) is 16.9. The first-order chi connectivity index (χ1) is 10.9. The van der Waals surface area contributed by atoms with E-state index >= 15 is 0 Å². The predicted molar refractivity (Wildman–Crippen MR) is 95.5 cm³/mol. The first-order valence-electron chi connectivity index (χ1n) is 8.56. The van der Waals surface area contributed by atoms with Crippen LogP contribution >= 0.6 is 0 Å². The Balaban J connectivity index is 2.16. The summed E-state index contributed by atoms with van der Waals surface area (Å²) in [5, 5.41) is 9.78. The SMILES string of the molecule is CC(C)C[NH+](Cc1cccn1Cc1ccccc1)C(C)(C)CO. The Bertz CT molecular complexity index is 587. The van der Waals surface area contributed by atoms with Crippen molar-refractivity contribution < 1.29 is 10.0 Å². The van der Waals surface area contributed by atoms with Gasteiger partial charge in [0.2, 0.25) is 0 Å². The second kappa shape index (κ2) is 7.80. The number of aliphatic hydroxyl groups is 1. The molecule has 0 amide bonds. The number of hydrogen-bond acceptors (Lipinski definition) is 1. The van der Waals surface area contributed by atoms with Gasteiger partial charge in [0.25, 0.3) is 0 Å². The molecule has 0 saturated carbocycles. The lowest BCUT2D eigenvalue weighted by atomic mass is 10.0. The summed E-state index contributed by atoms with van der Waals surface area (Å²) in [5.74, 6) is 0.605. The van der Waals surface area contributed by atoms with E-state index in [0.717, 1.165) is 19.6 Å². The summed E-state index contributed by atoms with van der Waals surface area (Å²) in [6, 6.07) is 14.9. The van der Waals surface area contributed by atoms with Gasteiger partial charge in [-0.3, -0.25) is 0 Å². The van der Waals surface area contributed by atoms with Gasteiger partial charge in [0, 0.05) is 18.7 Å². The Morgan fingerprint density at radius 2 is 1.78 bits per heavy atom. The van der Waals surface area contributed by atoms with Crippen LogP contribution in [-0.2, 0) is 13.1 Å². The Morgan fingerprint density at radius 3 is 2.39 bits per heavy atom. The van der Waals surface area contributed by atoms with Crippen molar-refractivity contribution in [2.75, 3.05) is 13.2 Å².